The van der Waals surface area contributed by atoms with Gasteiger partial charge in [0.1, 0.15) is 0 Å². The summed E-state index contributed by atoms with van der Waals surface area (Å²) in [5, 5.41) is 44.3. The van der Waals surface area contributed by atoms with Crippen molar-refractivity contribution in [3.8, 4) is 0 Å². The van der Waals surface area contributed by atoms with Gasteiger partial charge in [0.25, 0.3) is 0 Å². The second kappa shape index (κ2) is 22.9. The molecule has 0 aliphatic heterocycles. The Kier molecular flexibility index (Phi) is 41.1. The van der Waals surface area contributed by atoms with Crippen molar-refractivity contribution in [2.24, 2.45) is 0 Å². The summed E-state index contributed by atoms with van der Waals surface area (Å²) >= 11 is 0. The monoisotopic (exact) mass is 422 g/mol. The zero-order chi connectivity index (χ0) is 15.5. The van der Waals surface area contributed by atoms with Crippen LogP contribution < -0.4 is 103 Å². The SMILES string of the molecule is O=C(O)C(=O)O.O=C(O)C(=O)O.O=C(O)C(=O)O.[Ge].[K+].[K+]. The Morgan fingerprint density at radius 1 is 0.381 bits per heavy atom. The van der Waals surface area contributed by atoms with Crippen molar-refractivity contribution in [2.45, 2.75) is 0 Å². The van der Waals surface area contributed by atoms with Gasteiger partial charge in [0, 0.05) is 17.6 Å². The third kappa shape index (κ3) is 44.9. The number of rotatable bonds is 0. The molecule has 0 unspecified atom stereocenters. The van der Waals surface area contributed by atoms with Crippen molar-refractivity contribution in [1.82, 2.24) is 0 Å². The van der Waals surface area contributed by atoms with Gasteiger partial charge in [0.15, 0.2) is 0 Å². The summed E-state index contributed by atoms with van der Waals surface area (Å²) in [6.07, 6.45) is 0. The topological polar surface area (TPSA) is 224 Å². The Morgan fingerprint density at radius 2 is 0.429 bits per heavy atom. The van der Waals surface area contributed by atoms with E-state index in [0.29, 0.717) is 0 Å². The van der Waals surface area contributed by atoms with Gasteiger partial charge in [-0.15, -0.1) is 0 Å². The van der Waals surface area contributed by atoms with Gasteiger partial charge in [-0.05, 0) is 0 Å². The molecule has 0 aromatic rings. The summed E-state index contributed by atoms with van der Waals surface area (Å²) < 4.78 is 0. The molecule has 12 nitrogen and oxygen atoms in total. The van der Waals surface area contributed by atoms with Crippen molar-refractivity contribution in [2.75, 3.05) is 0 Å². The van der Waals surface area contributed by atoms with Crippen LogP contribution in [0.4, 0.5) is 0 Å². The van der Waals surface area contributed by atoms with Gasteiger partial charge < -0.3 is 30.6 Å². The molecule has 0 atom stereocenters. The first-order valence-electron chi connectivity index (χ1n) is 3.32. The molecule has 106 valence electrons. The van der Waals surface area contributed by atoms with Crippen LogP contribution in [0.25, 0.3) is 0 Å². The molecule has 0 saturated heterocycles. The average Bonchev–Trinajstić information content (AvgIpc) is 2.18. The van der Waals surface area contributed by atoms with Crippen molar-refractivity contribution in [1.29, 1.82) is 0 Å². The molecule has 0 rings (SSSR count). The van der Waals surface area contributed by atoms with Crippen LogP contribution in [-0.2, 0) is 28.8 Å². The molecule has 0 saturated carbocycles. The van der Waals surface area contributed by atoms with E-state index in [-0.39, 0.29) is 120 Å². The van der Waals surface area contributed by atoms with E-state index >= 15 is 0 Å². The summed E-state index contributed by atoms with van der Waals surface area (Å²) in [4.78, 5) is 54.6. The van der Waals surface area contributed by atoms with Crippen LogP contribution in [0.1, 0.15) is 0 Å². The fourth-order valence-electron chi connectivity index (χ4n) is 0. The van der Waals surface area contributed by atoms with E-state index in [1.807, 2.05) is 0 Å². The van der Waals surface area contributed by atoms with E-state index in [9.17, 15) is 0 Å². The van der Waals surface area contributed by atoms with E-state index in [4.69, 9.17) is 59.4 Å². The Bertz CT molecular complexity index is 287. The smallest absolute Gasteiger partial charge is 0.473 e. The molecule has 21 heavy (non-hydrogen) atoms. The van der Waals surface area contributed by atoms with Crippen LogP contribution in [0.5, 0.6) is 0 Å². The zero-order valence-electron chi connectivity index (χ0n) is 10.6. The van der Waals surface area contributed by atoms with Crippen molar-refractivity contribution in [3.63, 3.8) is 0 Å². The predicted octanol–water partition coefficient (Wildman–Crippen LogP) is -8.91. The molecular formula is C6H6GeK2O12+2. The van der Waals surface area contributed by atoms with Crippen LogP contribution in [0, 0.1) is 0 Å². The molecule has 0 aliphatic carbocycles. The second-order valence-corrected chi connectivity index (χ2v) is 1.83. The maximum absolute atomic E-state index is 9.10. The van der Waals surface area contributed by atoms with E-state index in [0.717, 1.165) is 0 Å². The molecule has 0 aromatic carbocycles. The van der Waals surface area contributed by atoms with Gasteiger partial charge in [-0.1, -0.05) is 0 Å². The third-order valence-electron chi connectivity index (χ3n) is 0.549. The number of hydrogen-bond donors (Lipinski definition) is 6. The maximum atomic E-state index is 9.10. The number of carboxylic acids is 6. The molecule has 0 aromatic heterocycles. The standard InChI is InChI=1S/3C2H2O4.Ge.2K/c3*3-1(4)2(5)6;;;/h3*(H,3,4)(H,5,6);;;/q;;;;2*+1. The maximum Gasteiger partial charge on any atom is 1.00 e. The molecule has 0 fully saturated rings. The molecule has 0 bridgehead atoms. The summed E-state index contributed by atoms with van der Waals surface area (Å²) in [5.74, 6) is -10.9. The Labute approximate surface area is 211 Å². The van der Waals surface area contributed by atoms with Crippen LogP contribution in [0.3, 0.4) is 0 Å². The van der Waals surface area contributed by atoms with Crippen LogP contribution >= 0.6 is 0 Å². The van der Waals surface area contributed by atoms with Crippen molar-refractivity contribution < 1.29 is 162 Å². The van der Waals surface area contributed by atoms with E-state index in [1.54, 1.807) is 0 Å². The Hall–Kier alpha value is 0.636. The fourth-order valence-corrected chi connectivity index (χ4v) is 0. The first kappa shape index (κ1) is 37.7. The van der Waals surface area contributed by atoms with Gasteiger partial charge in [-0.3, -0.25) is 0 Å². The normalized spacial score (nSPS) is 6.29. The Balaban J connectivity index is -0.0000000375. The molecule has 0 aliphatic rings. The summed E-state index contributed by atoms with van der Waals surface area (Å²) in [6, 6.07) is 0. The number of carboxylic acid groups (broad SMARTS) is 6. The van der Waals surface area contributed by atoms with E-state index in [1.165, 1.54) is 0 Å². The van der Waals surface area contributed by atoms with E-state index < -0.39 is 35.8 Å². The number of aliphatic carboxylic acids is 6. The molecule has 4 radical (unpaired) electrons. The molecule has 15 heteroatoms. The fraction of sp³-hybridized carbons (Fsp3) is 0. The average molecular weight is 421 g/mol. The molecule has 0 spiro atoms. The van der Waals surface area contributed by atoms with Crippen LogP contribution in [0.2, 0.25) is 0 Å². The molecular weight excluding hydrogens is 415 g/mol. The number of carbonyl (C=O) groups is 6. The van der Waals surface area contributed by atoms with Gasteiger partial charge >= 0.3 is 139 Å². The Morgan fingerprint density at radius 3 is 0.429 bits per heavy atom. The van der Waals surface area contributed by atoms with Gasteiger partial charge in [-0.25, -0.2) is 28.8 Å². The quantitative estimate of drug-likeness (QED) is 0.158. The third-order valence-corrected chi connectivity index (χ3v) is 0.549. The first-order valence-corrected chi connectivity index (χ1v) is 3.32. The van der Waals surface area contributed by atoms with Gasteiger partial charge in [0.2, 0.25) is 0 Å². The van der Waals surface area contributed by atoms with Crippen molar-refractivity contribution >= 4 is 53.4 Å². The summed E-state index contributed by atoms with van der Waals surface area (Å²) in [7, 11) is 0. The first-order chi connectivity index (χ1) is 7.93. The van der Waals surface area contributed by atoms with Crippen LogP contribution in [-0.4, -0.2) is 84.1 Å². The van der Waals surface area contributed by atoms with Crippen molar-refractivity contribution in [3.05, 3.63) is 0 Å². The van der Waals surface area contributed by atoms with Gasteiger partial charge in [-0.2, -0.15) is 0 Å². The largest absolute Gasteiger partial charge is 1.00 e. The summed E-state index contributed by atoms with van der Waals surface area (Å²) in [5.41, 5.74) is 0. The zero-order valence-corrected chi connectivity index (χ0v) is 19.0. The number of hydrogen-bond acceptors (Lipinski definition) is 6. The van der Waals surface area contributed by atoms with Gasteiger partial charge in [0.05, 0.1) is 0 Å². The molecule has 6 N–H and O–H groups in total. The second-order valence-electron chi connectivity index (χ2n) is 1.83. The molecule has 0 amide bonds. The predicted molar refractivity (Wildman–Crippen MR) is 51.6 cm³/mol. The minimum Gasteiger partial charge on any atom is -0.473 e. The molecule has 0 heterocycles. The minimum absolute atomic E-state index is 0. The minimum atomic E-state index is -1.82. The van der Waals surface area contributed by atoms with E-state index in [2.05, 4.69) is 0 Å². The van der Waals surface area contributed by atoms with Crippen LogP contribution in [0.15, 0.2) is 0 Å². The summed E-state index contributed by atoms with van der Waals surface area (Å²) in [6.45, 7) is 0.